The third-order valence-corrected chi connectivity index (χ3v) is 6.08. The van der Waals surface area contributed by atoms with Gasteiger partial charge in [-0.05, 0) is 62.1 Å². The summed E-state index contributed by atoms with van der Waals surface area (Å²) in [7, 11) is 0. The molecule has 1 atom stereocenters. The summed E-state index contributed by atoms with van der Waals surface area (Å²) in [6.07, 6.45) is 3.55. The molecule has 0 spiro atoms. The molecule has 1 amide bonds. The van der Waals surface area contributed by atoms with Crippen LogP contribution in [0.1, 0.15) is 44.1 Å². The minimum atomic E-state index is -1.09. The maximum Gasteiger partial charge on any atom is 0.326 e. The van der Waals surface area contributed by atoms with E-state index in [1.54, 1.807) is 12.4 Å². The van der Waals surface area contributed by atoms with E-state index in [2.05, 4.69) is 20.6 Å². The van der Waals surface area contributed by atoms with Crippen LogP contribution >= 0.6 is 0 Å². The Balaban J connectivity index is 1.40. The number of nitrogens with one attached hydrogen (secondary N) is 2. The van der Waals surface area contributed by atoms with Gasteiger partial charge in [0.15, 0.2) is 5.76 Å². The third kappa shape index (κ3) is 6.41. The molecule has 37 heavy (non-hydrogen) atoms. The standard InChI is InChI=1S/C29H30N4O4/c1-17-9-10-30-25(13-17)31-16-26-32-15-24(37-26)22-7-5-21(6-8-22)14-23(29(35)36)33-28(34)27-19(3)11-18(2)12-20(27)4/h5-13,15,23H,14,16H2,1-4H3,(H,30,31)(H,33,34)(H,35,36). The highest BCUT2D eigenvalue weighted by Crippen LogP contribution is 2.22. The molecule has 8 nitrogen and oxygen atoms in total. The van der Waals surface area contributed by atoms with E-state index < -0.39 is 12.0 Å². The number of aromatic nitrogens is 2. The van der Waals surface area contributed by atoms with Crippen LogP contribution in [0.15, 0.2) is 65.3 Å². The van der Waals surface area contributed by atoms with Crippen LogP contribution in [-0.4, -0.2) is 33.0 Å². The van der Waals surface area contributed by atoms with Gasteiger partial charge in [0.2, 0.25) is 5.89 Å². The number of benzene rings is 2. The highest BCUT2D eigenvalue weighted by molar-refractivity contribution is 5.99. The first kappa shape index (κ1) is 25.6. The van der Waals surface area contributed by atoms with Crippen molar-refractivity contribution in [2.45, 2.75) is 46.7 Å². The molecule has 0 aliphatic carbocycles. The molecule has 3 N–H and O–H groups in total. The lowest BCUT2D eigenvalue weighted by Crippen LogP contribution is -2.42. The van der Waals surface area contributed by atoms with Crippen LogP contribution in [0, 0.1) is 27.7 Å². The fraction of sp³-hybridized carbons (Fsp3) is 0.241. The number of carboxylic acid groups (broad SMARTS) is 1. The number of oxazole rings is 1. The molecule has 190 valence electrons. The largest absolute Gasteiger partial charge is 0.480 e. The fourth-order valence-electron chi connectivity index (χ4n) is 4.33. The molecule has 2 heterocycles. The quantitative estimate of drug-likeness (QED) is 0.297. The lowest BCUT2D eigenvalue weighted by molar-refractivity contribution is -0.139. The number of hydrogen-bond donors (Lipinski definition) is 3. The molecule has 0 aliphatic heterocycles. The normalized spacial score (nSPS) is 11.7. The highest BCUT2D eigenvalue weighted by atomic mass is 16.4. The Labute approximate surface area is 215 Å². The molecule has 4 rings (SSSR count). The van der Waals surface area contributed by atoms with E-state index in [4.69, 9.17) is 4.42 Å². The van der Waals surface area contributed by atoms with Crippen molar-refractivity contribution in [2.24, 2.45) is 0 Å². The first-order chi connectivity index (χ1) is 17.7. The Morgan fingerprint density at radius 2 is 1.65 bits per heavy atom. The van der Waals surface area contributed by atoms with Gasteiger partial charge in [0.05, 0.1) is 12.7 Å². The Kier molecular flexibility index (Phi) is 7.67. The Morgan fingerprint density at radius 1 is 0.946 bits per heavy atom. The van der Waals surface area contributed by atoms with Crippen molar-refractivity contribution in [1.29, 1.82) is 0 Å². The maximum atomic E-state index is 12.9. The van der Waals surface area contributed by atoms with Gasteiger partial charge in [-0.25, -0.2) is 14.8 Å². The van der Waals surface area contributed by atoms with Crippen molar-refractivity contribution in [3.63, 3.8) is 0 Å². The molecule has 2 aromatic carbocycles. The summed E-state index contributed by atoms with van der Waals surface area (Å²) in [5, 5.41) is 15.6. The molecular formula is C29H30N4O4. The number of aryl methyl sites for hydroxylation is 4. The molecule has 0 radical (unpaired) electrons. The first-order valence-corrected chi connectivity index (χ1v) is 12.0. The van der Waals surface area contributed by atoms with Crippen LogP contribution in [0.3, 0.4) is 0 Å². The fourth-order valence-corrected chi connectivity index (χ4v) is 4.33. The Hall–Kier alpha value is -4.46. The lowest BCUT2D eigenvalue weighted by atomic mass is 9.98. The number of hydrogen-bond acceptors (Lipinski definition) is 6. The van der Waals surface area contributed by atoms with Crippen molar-refractivity contribution in [2.75, 3.05) is 5.32 Å². The summed E-state index contributed by atoms with van der Waals surface area (Å²) < 4.78 is 5.86. The van der Waals surface area contributed by atoms with Gasteiger partial charge in [0.25, 0.3) is 5.91 Å². The SMILES string of the molecule is Cc1ccnc(NCc2ncc(-c3ccc(CC(NC(=O)c4c(C)cc(C)cc4C)C(=O)O)cc3)o2)c1. The van der Waals surface area contributed by atoms with Crippen LogP contribution in [0.5, 0.6) is 0 Å². The molecule has 0 fully saturated rings. The second-order valence-corrected chi connectivity index (χ2v) is 9.23. The zero-order valence-electron chi connectivity index (χ0n) is 21.3. The molecule has 2 aromatic heterocycles. The summed E-state index contributed by atoms with van der Waals surface area (Å²) in [4.78, 5) is 33.4. The van der Waals surface area contributed by atoms with E-state index in [9.17, 15) is 14.7 Å². The monoisotopic (exact) mass is 498 g/mol. The van der Waals surface area contributed by atoms with Crippen molar-refractivity contribution < 1.29 is 19.1 Å². The molecule has 1 unspecified atom stereocenters. The van der Waals surface area contributed by atoms with Crippen LogP contribution in [0.25, 0.3) is 11.3 Å². The minimum absolute atomic E-state index is 0.153. The van der Waals surface area contributed by atoms with Gasteiger partial charge in [-0.2, -0.15) is 0 Å². The molecular weight excluding hydrogens is 468 g/mol. The summed E-state index contributed by atoms with van der Waals surface area (Å²) >= 11 is 0. The van der Waals surface area contributed by atoms with Crippen molar-refractivity contribution in [1.82, 2.24) is 15.3 Å². The number of carboxylic acids is 1. The highest BCUT2D eigenvalue weighted by Gasteiger charge is 2.23. The lowest BCUT2D eigenvalue weighted by Gasteiger charge is -2.17. The number of aliphatic carboxylic acids is 1. The summed E-state index contributed by atoms with van der Waals surface area (Å²) in [5.41, 5.74) is 5.91. The predicted octanol–water partition coefficient (Wildman–Crippen LogP) is 5.01. The Morgan fingerprint density at radius 3 is 2.30 bits per heavy atom. The zero-order chi connectivity index (χ0) is 26.5. The van der Waals surface area contributed by atoms with Gasteiger partial charge in [-0.3, -0.25) is 4.79 Å². The summed E-state index contributed by atoms with van der Waals surface area (Å²) in [6.45, 7) is 8.07. The van der Waals surface area contributed by atoms with E-state index in [0.717, 1.165) is 39.2 Å². The van der Waals surface area contributed by atoms with E-state index >= 15 is 0 Å². The average molecular weight is 499 g/mol. The second kappa shape index (κ2) is 11.1. The first-order valence-electron chi connectivity index (χ1n) is 12.0. The van der Waals surface area contributed by atoms with Gasteiger partial charge < -0.3 is 20.2 Å². The van der Waals surface area contributed by atoms with Gasteiger partial charge in [-0.1, -0.05) is 42.0 Å². The number of anilines is 1. The van der Waals surface area contributed by atoms with E-state index in [0.29, 0.717) is 23.8 Å². The van der Waals surface area contributed by atoms with Gasteiger partial charge >= 0.3 is 5.97 Å². The molecule has 0 bridgehead atoms. The smallest absolute Gasteiger partial charge is 0.326 e. The predicted molar refractivity (Wildman–Crippen MR) is 141 cm³/mol. The molecule has 0 aliphatic rings. The second-order valence-electron chi connectivity index (χ2n) is 9.23. The summed E-state index contributed by atoms with van der Waals surface area (Å²) in [6, 6.07) is 14.0. The van der Waals surface area contributed by atoms with Crippen molar-refractivity contribution >= 4 is 17.7 Å². The van der Waals surface area contributed by atoms with Crippen LogP contribution in [0.2, 0.25) is 0 Å². The van der Waals surface area contributed by atoms with Gasteiger partial charge in [0, 0.05) is 23.7 Å². The van der Waals surface area contributed by atoms with Gasteiger partial charge in [0.1, 0.15) is 11.9 Å². The number of carbonyl (C=O) groups excluding carboxylic acids is 1. The number of amides is 1. The van der Waals surface area contributed by atoms with E-state index in [1.807, 2.05) is 76.2 Å². The molecule has 8 heteroatoms. The Bertz CT molecular complexity index is 1400. The maximum absolute atomic E-state index is 12.9. The average Bonchev–Trinajstić information content (AvgIpc) is 3.31. The van der Waals surface area contributed by atoms with Crippen LogP contribution in [-0.2, 0) is 17.8 Å². The third-order valence-electron chi connectivity index (χ3n) is 6.08. The van der Waals surface area contributed by atoms with E-state index in [1.165, 1.54) is 0 Å². The summed E-state index contributed by atoms with van der Waals surface area (Å²) in [5.74, 6) is 0.404. The van der Waals surface area contributed by atoms with E-state index in [-0.39, 0.29) is 12.3 Å². The molecule has 0 saturated carbocycles. The van der Waals surface area contributed by atoms with Crippen molar-refractivity contribution in [3.8, 4) is 11.3 Å². The minimum Gasteiger partial charge on any atom is -0.480 e. The number of nitrogens with zero attached hydrogens (tertiary/aromatic N) is 2. The molecule has 4 aromatic rings. The number of carbonyl (C=O) groups is 2. The number of rotatable bonds is 9. The van der Waals surface area contributed by atoms with Gasteiger partial charge in [-0.15, -0.1) is 0 Å². The number of pyridine rings is 1. The van der Waals surface area contributed by atoms with Crippen LogP contribution < -0.4 is 10.6 Å². The zero-order valence-corrected chi connectivity index (χ0v) is 21.3. The topological polar surface area (TPSA) is 117 Å². The van der Waals surface area contributed by atoms with Crippen molar-refractivity contribution in [3.05, 3.63) is 100 Å². The molecule has 0 saturated heterocycles. The van der Waals surface area contributed by atoms with Crippen LogP contribution in [0.4, 0.5) is 5.82 Å².